The van der Waals surface area contributed by atoms with E-state index in [1.807, 2.05) is 6.07 Å². The molecule has 3 rings (SSSR count). The van der Waals surface area contributed by atoms with E-state index in [0.717, 1.165) is 0 Å². The number of rotatable bonds is 8. The molecule has 0 spiro atoms. The lowest BCUT2D eigenvalue weighted by molar-refractivity contribution is -0.119. The van der Waals surface area contributed by atoms with Crippen LogP contribution in [0.3, 0.4) is 0 Å². The molecule has 2 amide bonds. The van der Waals surface area contributed by atoms with Crippen molar-refractivity contribution in [2.75, 3.05) is 30.6 Å². The van der Waals surface area contributed by atoms with Gasteiger partial charge in [0.05, 0.1) is 24.0 Å². The molecule has 168 valence electrons. The predicted molar refractivity (Wildman–Crippen MR) is 121 cm³/mol. The van der Waals surface area contributed by atoms with Gasteiger partial charge in [-0.1, -0.05) is 0 Å². The highest BCUT2D eigenvalue weighted by Crippen LogP contribution is 2.25. The lowest BCUT2D eigenvalue weighted by atomic mass is 10.1. The Labute approximate surface area is 190 Å². The topological polar surface area (TPSA) is 129 Å². The molecule has 1 heterocycles. The number of carbonyl (C=O) groups is 2. The smallest absolute Gasteiger partial charge is 0.255 e. The molecule has 1 saturated heterocycles. The van der Waals surface area contributed by atoms with E-state index in [4.69, 9.17) is 10.00 Å². The van der Waals surface area contributed by atoms with Crippen LogP contribution in [0, 0.1) is 11.3 Å². The maximum atomic E-state index is 13.0. The minimum atomic E-state index is -3.76. The van der Waals surface area contributed by atoms with Crippen LogP contribution in [0.4, 0.5) is 5.69 Å². The standard InChI is InChI=1S/C21H22N4O5S2/c1-30-17-7-5-16(6-8-17)24-20(26)19-13-31-14-25(19)21(27)15-3-9-18(10-4-15)32(28,29)23-12-2-11-22/h3-10,19,23H,2,12-14H2,1H3,(H,24,26). The molecule has 0 bridgehead atoms. The molecule has 1 unspecified atom stereocenters. The number of methoxy groups -OCH3 is 1. The maximum absolute atomic E-state index is 13.0. The molecular formula is C21H22N4O5S2. The van der Waals surface area contributed by atoms with Gasteiger partial charge in [-0.15, -0.1) is 11.8 Å². The molecule has 1 atom stereocenters. The van der Waals surface area contributed by atoms with Gasteiger partial charge in [-0.3, -0.25) is 9.59 Å². The number of nitrogens with zero attached hydrogens (tertiary/aromatic N) is 2. The average Bonchev–Trinajstić information content (AvgIpc) is 3.29. The first-order chi connectivity index (χ1) is 15.4. The van der Waals surface area contributed by atoms with Crippen LogP contribution in [0.1, 0.15) is 16.8 Å². The predicted octanol–water partition coefficient (Wildman–Crippen LogP) is 2.04. The Morgan fingerprint density at radius 1 is 1.19 bits per heavy atom. The number of hydrogen-bond donors (Lipinski definition) is 2. The summed E-state index contributed by atoms with van der Waals surface area (Å²) in [6, 6.07) is 13.6. The van der Waals surface area contributed by atoms with Crippen LogP contribution >= 0.6 is 11.8 Å². The summed E-state index contributed by atoms with van der Waals surface area (Å²) in [6.45, 7) is 0.00943. The number of thioether (sulfide) groups is 1. The maximum Gasteiger partial charge on any atom is 0.255 e. The summed E-state index contributed by atoms with van der Waals surface area (Å²) >= 11 is 1.47. The Bertz CT molecular complexity index is 1110. The molecule has 0 saturated carbocycles. The molecule has 0 aliphatic carbocycles. The van der Waals surface area contributed by atoms with Gasteiger partial charge in [0.1, 0.15) is 11.8 Å². The zero-order valence-electron chi connectivity index (χ0n) is 17.3. The normalized spacial score (nSPS) is 15.8. The van der Waals surface area contributed by atoms with Gasteiger partial charge in [-0.2, -0.15) is 5.26 Å². The van der Waals surface area contributed by atoms with Crippen molar-refractivity contribution in [1.82, 2.24) is 9.62 Å². The van der Waals surface area contributed by atoms with Gasteiger partial charge >= 0.3 is 0 Å². The highest BCUT2D eigenvalue weighted by Gasteiger charge is 2.35. The number of benzene rings is 2. The fraction of sp³-hybridized carbons (Fsp3) is 0.286. The van der Waals surface area contributed by atoms with Gasteiger partial charge in [0.15, 0.2) is 0 Å². The van der Waals surface area contributed by atoms with Crippen molar-refractivity contribution in [3.05, 3.63) is 54.1 Å². The summed E-state index contributed by atoms with van der Waals surface area (Å²) in [5, 5.41) is 11.3. The van der Waals surface area contributed by atoms with E-state index in [0.29, 0.717) is 23.1 Å². The fourth-order valence-corrected chi connectivity index (χ4v) is 5.21. The number of amides is 2. The van der Waals surface area contributed by atoms with Gasteiger partial charge in [0.2, 0.25) is 15.9 Å². The van der Waals surface area contributed by atoms with Crippen LogP contribution in [0.5, 0.6) is 5.75 Å². The summed E-state index contributed by atoms with van der Waals surface area (Å²) in [7, 11) is -2.21. The third-order valence-electron chi connectivity index (χ3n) is 4.74. The van der Waals surface area contributed by atoms with Gasteiger partial charge in [0, 0.05) is 30.0 Å². The van der Waals surface area contributed by atoms with Gasteiger partial charge in [0.25, 0.3) is 5.91 Å². The minimum absolute atomic E-state index is 0.00316. The summed E-state index contributed by atoms with van der Waals surface area (Å²) < 4.78 is 31.9. The monoisotopic (exact) mass is 474 g/mol. The van der Waals surface area contributed by atoms with Crippen molar-refractivity contribution in [2.45, 2.75) is 17.4 Å². The molecule has 0 aromatic heterocycles. The molecule has 1 aliphatic rings. The number of ether oxygens (including phenoxy) is 1. The van der Waals surface area contributed by atoms with Crippen LogP contribution in [0.15, 0.2) is 53.4 Å². The molecule has 0 radical (unpaired) electrons. The molecule has 32 heavy (non-hydrogen) atoms. The zero-order chi connectivity index (χ0) is 23.1. The van der Waals surface area contributed by atoms with Gasteiger partial charge < -0.3 is 15.0 Å². The highest BCUT2D eigenvalue weighted by atomic mass is 32.2. The van der Waals surface area contributed by atoms with Crippen LogP contribution in [0.2, 0.25) is 0 Å². The van der Waals surface area contributed by atoms with Crippen LogP contribution in [-0.4, -0.2) is 56.5 Å². The van der Waals surface area contributed by atoms with Crippen molar-refractivity contribution in [3.8, 4) is 11.8 Å². The molecule has 11 heteroatoms. The van der Waals surface area contributed by atoms with E-state index >= 15 is 0 Å². The Kier molecular flexibility index (Phi) is 7.74. The van der Waals surface area contributed by atoms with E-state index in [1.165, 1.54) is 40.9 Å². The third-order valence-corrected chi connectivity index (χ3v) is 7.23. The number of sulfonamides is 1. The van der Waals surface area contributed by atoms with Gasteiger partial charge in [-0.05, 0) is 48.5 Å². The van der Waals surface area contributed by atoms with Crippen molar-refractivity contribution in [1.29, 1.82) is 5.26 Å². The second-order valence-electron chi connectivity index (χ2n) is 6.84. The van der Waals surface area contributed by atoms with Crippen LogP contribution in [-0.2, 0) is 14.8 Å². The quantitative estimate of drug-likeness (QED) is 0.560. The van der Waals surface area contributed by atoms with E-state index in [1.54, 1.807) is 31.4 Å². The summed E-state index contributed by atoms with van der Waals surface area (Å²) in [5.41, 5.74) is 0.879. The summed E-state index contributed by atoms with van der Waals surface area (Å²) in [5.74, 6) is 0.834. The SMILES string of the molecule is COc1ccc(NC(=O)C2CSCN2C(=O)c2ccc(S(=O)(=O)NCCC#N)cc2)cc1. The Hall–Kier alpha value is -3.07. The van der Waals surface area contributed by atoms with Crippen LogP contribution < -0.4 is 14.8 Å². The number of carbonyl (C=O) groups excluding carboxylic acids is 2. The average molecular weight is 475 g/mol. The highest BCUT2D eigenvalue weighted by molar-refractivity contribution is 7.99. The van der Waals surface area contributed by atoms with Gasteiger partial charge in [-0.25, -0.2) is 13.1 Å². The fourth-order valence-electron chi connectivity index (χ4n) is 3.03. The van der Waals surface area contributed by atoms with Crippen molar-refractivity contribution >= 4 is 39.3 Å². The molecule has 1 fully saturated rings. The molecule has 2 N–H and O–H groups in total. The van der Waals surface area contributed by atoms with E-state index in [-0.39, 0.29) is 35.2 Å². The first-order valence-electron chi connectivity index (χ1n) is 9.66. The first-order valence-corrected chi connectivity index (χ1v) is 12.3. The molecule has 9 nitrogen and oxygen atoms in total. The Morgan fingerprint density at radius 3 is 2.50 bits per heavy atom. The van der Waals surface area contributed by atoms with E-state index in [2.05, 4.69) is 10.0 Å². The molecular weight excluding hydrogens is 452 g/mol. The van der Waals surface area contributed by atoms with Crippen molar-refractivity contribution in [3.63, 3.8) is 0 Å². The number of anilines is 1. The number of hydrogen-bond acceptors (Lipinski definition) is 7. The van der Waals surface area contributed by atoms with Crippen LogP contribution in [0.25, 0.3) is 0 Å². The Balaban J connectivity index is 1.68. The van der Waals surface area contributed by atoms with E-state index < -0.39 is 16.1 Å². The molecule has 2 aromatic rings. The van der Waals surface area contributed by atoms with Crippen molar-refractivity contribution < 1.29 is 22.7 Å². The zero-order valence-corrected chi connectivity index (χ0v) is 18.9. The van der Waals surface area contributed by atoms with Crippen molar-refractivity contribution in [2.24, 2.45) is 0 Å². The lowest BCUT2D eigenvalue weighted by Gasteiger charge is -2.23. The van der Waals surface area contributed by atoms with E-state index in [9.17, 15) is 18.0 Å². The summed E-state index contributed by atoms with van der Waals surface area (Å²) in [6.07, 6.45) is 0.0579. The first kappa shape index (κ1) is 23.6. The minimum Gasteiger partial charge on any atom is -0.497 e. The summed E-state index contributed by atoms with van der Waals surface area (Å²) in [4.78, 5) is 27.2. The third kappa shape index (κ3) is 5.59. The Morgan fingerprint density at radius 2 is 1.88 bits per heavy atom. The largest absolute Gasteiger partial charge is 0.497 e. The number of nitriles is 1. The lowest BCUT2D eigenvalue weighted by Crippen LogP contribution is -2.44. The molecule has 1 aliphatic heterocycles. The second-order valence-corrected chi connectivity index (χ2v) is 9.61. The molecule has 2 aromatic carbocycles. The second kappa shape index (κ2) is 10.5. The number of nitrogens with one attached hydrogen (secondary N) is 2.